The van der Waals surface area contributed by atoms with E-state index in [2.05, 4.69) is 58.3 Å². The van der Waals surface area contributed by atoms with E-state index in [1.807, 2.05) is 17.9 Å². The molecule has 0 amide bonds. The quantitative estimate of drug-likeness (QED) is 0.738. The van der Waals surface area contributed by atoms with Gasteiger partial charge in [0.25, 0.3) is 0 Å². The second-order valence-corrected chi connectivity index (χ2v) is 5.78. The molecule has 102 valence electrons. The molecule has 0 spiro atoms. The Bertz CT molecular complexity index is 519. The van der Waals surface area contributed by atoms with Crippen molar-refractivity contribution in [2.45, 2.75) is 26.2 Å². The summed E-state index contributed by atoms with van der Waals surface area (Å²) in [5, 5.41) is 5.28. The second kappa shape index (κ2) is 6.90. The van der Waals surface area contributed by atoms with Gasteiger partial charge in [0, 0.05) is 24.3 Å². The molecule has 0 saturated carbocycles. The Kier molecular flexibility index (Phi) is 5.20. The van der Waals surface area contributed by atoms with E-state index in [-0.39, 0.29) is 0 Å². The zero-order valence-electron chi connectivity index (χ0n) is 11.6. The van der Waals surface area contributed by atoms with E-state index < -0.39 is 0 Å². The fourth-order valence-corrected chi connectivity index (χ4v) is 2.94. The summed E-state index contributed by atoms with van der Waals surface area (Å²) in [4.78, 5) is 0. The summed E-state index contributed by atoms with van der Waals surface area (Å²) in [5.74, 6) is 0.677. The molecule has 2 rings (SSSR count). The molecular weight excluding hydrogens is 300 g/mol. The maximum Gasteiger partial charge on any atom is 0.0492 e. The van der Waals surface area contributed by atoms with Crippen LogP contribution in [0, 0.1) is 12.8 Å². The van der Waals surface area contributed by atoms with Gasteiger partial charge in [-0.3, -0.25) is 4.68 Å². The summed E-state index contributed by atoms with van der Waals surface area (Å²) >= 11 is 3.66. The van der Waals surface area contributed by atoms with E-state index in [0.29, 0.717) is 5.92 Å². The van der Waals surface area contributed by atoms with Gasteiger partial charge in [-0.25, -0.2) is 0 Å². The van der Waals surface area contributed by atoms with Gasteiger partial charge in [-0.05, 0) is 49.3 Å². The summed E-state index contributed by atoms with van der Waals surface area (Å²) in [7, 11) is 2.01. The number of rotatable bonds is 6. The average molecular weight is 321 g/mol. The number of nitrogens with zero attached hydrogens (tertiary/aromatic N) is 2. The predicted molar refractivity (Wildman–Crippen MR) is 83.7 cm³/mol. The van der Waals surface area contributed by atoms with Crippen LogP contribution in [0.5, 0.6) is 0 Å². The Morgan fingerprint density at radius 3 is 2.68 bits per heavy atom. The summed E-state index contributed by atoms with van der Waals surface area (Å²) in [5.41, 5.74) is 4.18. The van der Waals surface area contributed by atoms with E-state index in [0.717, 1.165) is 18.2 Å². The Morgan fingerprint density at radius 1 is 1.26 bits per heavy atom. The van der Waals surface area contributed by atoms with Crippen molar-refractivity contribution >= 4 is 15.9 Å². The molecule has 3 heteroatoms. The van der Waals surface area contributed by atoms with Crippen LogP contribution in [0.3, 0.4) is 0 Å². The van der Waals surface area contributed by atoms with Gasteiger partial charge in [0.2, 0.25) is 0 Å². The van der Waals surface area contributed by atoms with Crippen molar-refractivity contribution in [3.8, 4) is 0 Å². The lowest BCUT2D eigenvalue weighted by Gasteiger charge is -2.15. The number of hydrogen-bond acceptors (Lipinski definition) is 1. The molecule has 1 aromatic heterocycles. The van der Waals surface area contributed by atoms with Crippen LogP contribution < -0.4 is 0 Å². The summed E-state index contributed by atoms with van der Waals surface area (Å²) < 4.78 is 1.97. The lowest BCUT2D eigenvalue weighted by molar-refractivity contribution is 0.527. The van der Waals surface area contributed by atoms with Gasteiger partial charge in [-0.2, -0.15) is 5.10 Å². The summed E-state index contributed by atoms with van der Waals surface area (Å²) in [6.45, 7) is 2.20. The molecule has 0 aliphatic heterocycles. The maximum absolute atomic E-state index is 4.22. The van der Waals surface area contributed by atoms with Gasteiger partial charge < -0.3 is 0 Å². The zero-order valence-corrected chi connectivity index (χ0v) is 13.2. The molecule has 2 nitrogen and oxygen atoms in total. The SMILES string of the molecule is Cc1ccccc1CC(CBr)CCc1ccnn1C. The minimum Gasteiger partial charge on any atom is -0.273 e. The second-order valence-electron chi connectivity index (χ2n) is 5.14. The zero-order chi connectivity index (χ0) is 13.7. The molecule has 1 atom stereocenters. The van der Waals surface area contributed by atoms with E-state index in [1.165, 1.54) is 23.2 Å². The van der Waals surface area contributed by atoms with E-state index in [9.17, 15) is 0 Å². The fourth-order valence-electron chi connectivity index (χ4n) is 2.38. The van der Waals surface area contributed by atoms with Crippen LogP contribution in [0.2, 0.25) is 0 Å². The molecule has 2 aromatic rings. The van der Waals surface area contributed by atoms with Crippen LogP contribution in [-0.4, -0.2) is 15.1 Å². The molecular formula is C16H21BrN2. The van der Waals surface area contributed by atoms with Crippen molar-refractivity contribution in [1.29, 1.82) is 0 Å². The minimum atomic E-state index is 0.677. The van der Waals surface area contributed by atoms with Gasteiger partial charge in [0.05, 0.1) is 0 Å². The maximum atomic E-state index is 4.22. The van der Waals surface area contributed by atoms with Gasteiger partial charge in [-0.1, -0.05) is 40.2 Å². The van der Waals surface area contributed by atoms with Crippen LogP contribution in [0.15, 0.2) is 36.5 Å². The Labute approximate surface area is 124 Å². The molecule has 1 heterocycles. The highest BCUT2D eigenvalue weighted by atomic mass is 79.9. The van der Waals surface area contributed by atoms with Crippen molar-refractivity contribution in [2.75, 3.05) is 5.33 Å². The van der Waals surface area contributed by atoms with E-state index in [1.54, 1.807) is 0 Å². The molecule has 0 aliphatic carbocycles. The van der Waals surface area contributed by atoms with Crippen LogP contribution in [0.4, 0.5) is 0 Å². The smallest absolute Gasteiger partial charge is 0.0492 e. The molecule has 0 radical (unpaired) electrons. The van der Waals surface area contributed by atoms with Gasteiger partial charge in [-0.15, -0.1) is 0 Å². The number of hydrogen-bond donors (Lipinski definition) is 0. The molecule has 1 unspecified atom stereocenters. The molecule has 0 N–H and O–H groups in total. The van der Waals surface area contributed by atoms with Crippen LogP contribution in [-0.2, 0) is 19.9 Å². The Morgan fingerprint density at radius 2 is 2.05 bits per heavy atom. The van der Waals surface area contributed by atoms with Gasteiger partial charge in [0.1, 0.15) is 0 Å². The first-order chi connectivity index (χ1) is 9.20. The molecule has 19 heavy (non-hydrogen) atoms. The van der Waals surface area contributed by atoms with Crippen LogP contribution in [0.25, 0.3) is 0 Å². The third kappa shape index (κ3) is 3.93. The van der Waals surface area contributed by atoms with Crippen molar-refractivity contribution in [2.24, 2.45) is 13.0 Å². The first kappa shape index (κ1) is 14.3. The monoisotopic (exact) mass is 320 g/mol. The summed E-state index contributed by atoms with van der Waals surface area (Å²) in [6.07, 6.45) is 5.31. The highest BCUT2D eigenvalue weighted by molar-refractivity contribution is 9.09. The first-order valence-corrected chi connectivity index (χ1v) is 7.90. The lowest BCUT2D eigenvalue weighted by atomic mass is 9.93. The van der Waals surface area contributed by atoms with Crippen LogP contribution >= 0.6 is 15.9 Å². The average Bonchev–Trinajstić information content (AvgIpc) is 2.82. The van der Waals surface area contributed by atoms with E-state index in [4.69, 9.17) is 0 Å². The normalized spacial score (nSPS) is 12.6. The first-order valence-electron chi connectivity index (χ1n) is 6.78. The molecule has 0 aliphatic rings. The number of alkyl halides is 1. The van der Waals surface area contributed by atoms with E-state index >= 15 is 0 Å². The minimum absolute atomic E-state index is 0.677. The number of aryl methyl sites for hydroxylation is 3. The van der Waals surface area contributed by atoms with Gasteiger partial charge in [0.15, 0.2) is 0 Å². The molecule has 0 saturated heterocycles. The fraction of sp³-hybridized carbons (Fsp3) is 0.438. The highest BCUT2D eigenvalue weighted by Crippen LogP contribution is 2.19. The summed E-state index contributed by atoms with van der Waals surface area (Å²) in [6, 6.07) is 10.8. The third-order valence-electron chi connectivity index (χ3n) is 3.72. The topological polar surface area (TPSA) is 17.8 Å². The van der Waals surface area contributed by atoms with Gasteiger partial charge >= 0.3 is 0 Å². The third-order valence-corrected chi connectivity index (χ3v) is 4.63. The highest BCUT2D eigenvalue weighted by Gasteiger charge is 2.11. The van der Waals surface area contributed by atoms with Crippen molar-refractivity contribution < 1.29 is 0 Å². The molecule has 0 bridgehead atoms. The Balaban J connectivity index is 1.94. The largest absolute Gasteiger partial charge is 0.273 e. The molecule has 0 fully saturated rings. The van der Waals surface area contributed by atoms with Crippen molar-refractivity contribution in [1.82, 2.24) is 9.78 Å². The van der Waals surface area contributed by atoms with Crippen LogP contribution in [0.1, 0.15) is 23.2 Å². The number of halogens is 1. The molecule has 1 aromatic carbocycles. The number of aromatic nitrogens is 2. The number of benzene rings is 1. The lowest BCUT2D eigenvalue weighted by Crippen LogP contribution is -2.10. The van der Waals surface area contributed by atoms with Crippen molar-refractivity contribution in [3.63, 3.8) is 0 Å². The Hall–Kier alpha value is -1.09. The van der Waals surface area contributed by atoms with Crippen molar-refractivity contribution in [3.05, 3.63) is 53.3 Å². The predicted octanol–water partition coefficient (Wildman–Crippen LogP) is 3.91. The standard InChI is InChI=1S/C16H21BrN2/c1-13-5-3-4-6-15(13)11-14(12-17)7-8-16-9-10-18-19(16)2/h3-6,9-10,14H,7-8,11-12H2,1-2H3.